The number of nitrogens with one attached hydrogen (secondary N) is 1. The van der Waals surface area contributed by atoms with Gasteiger partial charge in [0.25, 0.3) is 0 Å². The van der Waals surface area contributed by atoms with E-state index in [1.54, 1.807) is 0 Å². The van der Waals surface area contributed by atoms with Crippen LogP contribution in [-0.4, -0.2) is 19.1 Å². The normalized spacial score (nSPS) is 9.68. The molecular formula is C14H23ClN2O2. The predicted molar refractivity (Wildman–Crippen MR) is 81.3 cm³/mol. The molecule has 0 saturated heterocycles. The van der Waals surface area contributed by atoms with E-state index in [0.29, 0.717) is 0 Å². The van der Waals surface area contributed by atoms with Crippen LogP contribution in [0.4, 0.5) is 5.69 Å². The minimum absolute atomic E-state index is 0. The van der Waals surface area contributed by atoms with E-state index in [-0.39, 0.29) is 24.9 Å². The average molecular weight is 287 g/mol. The molecule has 1 amide bonds. The lowest BCUT2D eigenvalue weighted by molar-refractivity contribution is -0.114. The molecule has 0 radical (unpaired) electrons. The second-order valence-corrected chi connectivity index (χ2v) is 4.39. The van der Waals surface area contributed by atoms with Gasteiger partial charge in [-0.05, 0) is 43.5 Å². The number of ether oxygens (including phenoxy) is 1. The first-order valence-corrected chi connectivity index (χ1v) is 6.32. The standard InChI is InChI=1S/C14H22N2O2.ClH/c1-4-5-6-18-12-7-10(2)14(11(3)8-12)16-13(17)9-15;/h7-8H,4-6,9,15H2,1-3H3,(H,16,17);1H. The molecule has 4 nitrogen and oxygen atoms in total. The molecule has 0 aliphatic heterocycles. The zero-order valence-corrected chi connectivity index (χ0v) is 12.6. The number of nitrogens with two attached hydrogens (primary N) is 1. The van der Waals surface area contributed by atoms with Gasteiger partial charge in [0.2, 0.25) is 5.91 Å². The van der Waals surface area contributed by atoms with Crippen molar-refractivity contribution in [2.24, 2.45) is 5.73 Å². The number of carbonyl (C=O) groups is 1. The fourth-order valence-corrected chi connectivity index (χ4v) is 1.73. The third-order valence-electron chi connectivity index (χ3n) is 2.72. The first-order valence-electron chi connectivity index (χ1n) is 6.32. The fourth-order valence-electron chi connectivity index (χ4n) is 1.73. The number of aryl methyl sites for hydroxylation is 2. The van der Waals surface area contributed by atoms with Crippen LogP contribution in [0.5, 0.6) is 5.75 Å². The van der Waals surface area contributed by atoms with E-state index < -0.39 is 0 Å². The SMILES string of the molecule is CCCCOc1cc(C)c(NC(=O)CN)c(C)c1.Cl. The van der Waals surface area contributed by atoms with Gasteiger partial charge in [0, 0.05) is 5.69 Å². The highest BCUT2D eigenvalue weighted by atomic mass is 35.5. The van der Waals surface area contributed by atoms with Crippen molar-refractivity contribution in [1.82, 2.24) is 0 Å². The van der Waals surface area contributed by atoms with E-state index >= 15 is 0 Å². The summed E-state index contributed by atoms with van der Waals surface area (Å²) < 4.78 is 5.66. The first kappa shape index (κ1) is 17.7. The average Bonchev–Trinajstić information content (AvgIpc) is 2.34. The van der Waals surface area contributed by atoms with Crippen molar-refractivity contribution < 1.29 is 9.53 Å². The lowest BCUT2D eigenvalue weighted by Gasteiger charge is -2.14. The highest BCUT2D eigenvalue weighted by molar-refractivity contribution is 5.93. The molecule has 0 aliphatic carbocycles. The van der Waals surface area contributed by atoms with Gasteiger partial charge in [-0.3, -0.25) is 4.79 Å². The number of hydrogen-bond donors (Lipinski definition) is 2. The van der Waals surface area contributed by atoms with Crippen molar-refractivity contribution >= 4 is 24.0 Å². The van der Waals surface area contributed by atoms with Gasteiger partial charge >= 0.3 is 0 Å². The Morgan fingerprint density at radius 3 is 2.37 bits per heavy atom. The zero-order valence-electron chi connectivity index (χ0n) is 11.8. The number of rotatable bonds is 6. The number of hydrogen-bond acceptors (Lipinski definition) is 3. The van der Waals surface area contributed by atoms with Crippen LogP contribution in [0.1, 0.15) is 30.9 Å². The van der Waals surface area contributed by atoms with Crippen LogP contribution in [0.2, 0.25) is 0 Å². The molecule has 1 aromatic carbocycles. The smallest absolute Gasteiger partial charge is 0.238 e. The molecule has 0 spiro atoms. The molecule has 0 fully saturated rings. The highest BCUT2D eigenvalue weighted by Crippen LogP contribution is 2.26. The molecule has 0 aliphatic rings. The molecule has 5 heteroatoms. The van der Waals surface area contributed by atoms with Gasteiger partial charge in [0.05, 0.1) is 13.2 Å². The highest BCUT2D eigenvalue weighted by Gasteiger charge is 2.08. The molecule has 0 saturated carbocycles. The van der Waals surface area contributed by atoms with E-state index in [9.17, 15) is 4.79 Å². The number of carbonyl (C=O) groups excluding carboxylic acids is 1. The van der Waals surface area contributed by atoms with E-state index in [4.69, 9.17) is 10.5 Å². The summed E-state index contributed by atoms with van der Waals surface area (Å²) in [5, 5.41) is 2.80. The van der Waals surface area contributed by atoms with Gasteiger partial charge in [-0.15, -0.1) is 12.4 Å². The quantitative estimate of drug-likeness (QED) is 0.791. The maximum atomic E-state index is 11.3. The Labute approximate surface area is 121 Å². The minimum Gasteiger partial charge on any atom is -0.494 e. The number of benzene rings is 1. The van der Waals surface area contributed by atoms with Crippen LogP contribution in [0.25, 0.3) is 0 Å². The monoisotopic (exact) mass is 286 g/mol. The number of halogens is 1. The van der Waals surface area contributed by atoms with E-state index in [2.05, 4.69) is 12.2 Å². The van der Waals surface area contributed by atoms with Gasteiger partial charge in [-0.2, -0.15) is 0 Å². The Hall–Kier alpha value is -1.26. The van der Waals surface area contributed by atoms with E-state index in [1.165, 1.54) is 0 Å². The summed E-state index contributed by atoms with van der Waals surface area (Å²) in [6, 6.07) is 3.88. The number of unbranched alkanes of at least 4 members (excludes halogenated alkanes) is 1. The third kappa shape index (κ3) is 5.49. The molecule has 1 rings (SSSR count). The molecule has 0 heterocycles. The van der Waals surface area contributed by atoms with Gasteiger partial charge in [0.15, 0.2) is 0 Å². The molecule has 19 heavy (non-hydrogen) atoms. The minimum atomic E-state index is -0.180. The van der Waals surface area contributed by atoms with Crippen molar-refractivity contribution in [3.05, 3.63) is 23.3 Å². The fraction of sp³-hybridized carbons (Fsp3) is 0.500. The Morgan fingerprint density at radius 2 is 1.89 bits per heavy atom. The van der Waals surface area contributed by atoms with Crippen LogP contribution < -0.4 is 15.8 Å². The lowest BCUT2D eigenvalue weighted by Crippen LogP contribution is -2.22. The molecule has 1 aromatic rings. The topological polar surface area (TPSA) is 64.3 Å². The van der Waals surface area contributed by atoms with E-state index in [0.717, 1.165) is 42.0 Å². The zero-order chi connectivity index (χ0) is 13.5. The molecule has 0 unspecified atom stereocenters. The van der Waals surface area contributed by atoms with Crippen LogP contribution in [-0.2, 0) is 4.79 Å². The van der Waals surface area contributed by atoms with Crippen LogP contribution in [0.3, 0.4) is 0 Å². The third-order valence-corrected chi connectivity index (χ3v) is 2.72. The summed E-state index contributed by atoms with van der Waals surface area (Å²) in [5.41, 5.74) is 8.10. The van der Waals surface area contributed by atoms with Gasteiger partial charge in [-0.1, -0.05) is 13.3 Å². The maximum Gasteiger partial charge on any atom is 0.238 e. The molecule has 0 aromatic heterocycles. The summed E-state index contributed by atoms with van der Waals surface area (Å²) in [5.74, 6) is 0.671. The van der Waals surface area contributed by atoms with Crippen molar-refractivity contribution in [3.8, 4) is 5.75 Å². The molecule has 0 atom stereocenters. The second-order valence-electron chi connectivity index (χ2n) is 4.39. The number of amides is 1. The second kappa shape index (κ2) is 8.77. The Kier molecular flexibility index (Phi) is 8.19. The van der Waals surface area contributed by atoms with Crippen LogP contribution >= 0.6 is 12.4 Å². The Bertz CT molecular complexity index is 399. The van der Waals surface area contributed by atoms with E-state index in [1.807, 2.05) is 26.0 Å². The Morgan fingerprint density at radius 1 is 1.32 bits per heavy atom. The molecule has 108 valence electrons. The number of anilines is 1. The largest absolute Gasteiger partial charge is 0.494 e. The summed E-state index contributed by atoms with van der Waals surface area (Å²) in [7, 11) is 0. The summed E-state index contributed by atoms with van der Waals surface area (Å²) in [6.07, 6.45) is 2.16. The molecular weight excluding hydrogens is 264 g/mol. The molecule has 0 bridgehead atoms. The van der Waals surface area contributed by atoms with Gasteiger partial charge in [0.1, 0.15) is 5.75 Å². The Balaban J connectivity index is 0.00000324. The van der Waals surface area contributed by atoms with Crippen molar-refractivity contribution in [2.45, 2.75) is 33.6 Å². The van der Waals surface area contributed by atoms with Crippen molar-refractivity contribution in [3.63, 3.8) is 0 Å². The lowest BCUT2D eigenvalue weighted by atomic mass is 10.1. The summed E-state index contributed by atoms with van der Waals surface area (Å²) >= 11 is 0. The molecule has 3 N–H and O–H groups in total. The first-order chi connectivity index (χ1) is 8.58. The van der Waals surface area contributed by atoms with Gasteiger partial charge < -0.3 is 15.8 Å². The van der Waals surface area contributed by atoms with Crippen LogP contribution in [0, 0.1) is 13.8 Å². The maximum absolute atomic E-state index is 11.3. The van der Waals surface area contributed by atoms with Crippen LogP contribution in [0.15, 0.2) is 12.1 Å². The van der Waals surface area contributed by atoms with Crippen molar-refractivity contribution in [2.75, 3.05) is 18.5 Å². The van der Waals surface area contributed by atoms with Gasteiger partial charge in [-0.25, -0.2) is 0 Å². The van der Waals surface area contributed by atoms with Crippen molar-refractivity contribution in [1.29, 1.82) is 0 Å². The predicted octanol–water partition coefficient (Wildman–Crippen LogP) is 2.80. The summed E-state index contributed by atoms with van der Waals surface area (Å²) in [6.45, 7) is 6.75. The summed E-state index contributed by atoms with van der Waals surface area (Å²) in [4.78, 5) is 11.3.